The Labute approximate surface area is 202 Å². The first-order chi connectivity index (χ1) is 17.1. The average Bonchev–Trinajstić information content (AvgIpc) is 3.63. The van der Waals surface area contributed by atoms with Crippen LogP contribution in [0.3, 0.4) is 0 Å². The number of fused-ring (bicyclic) bond motifs is 1. The van der Waals surface area contributed by atoms with Crippen molar-refractivity contribution in [2.45, 2.75) is 13.3 Å². The fourth-order valence-corrected chi connectivity index (χ4v) is 4.52. The third kappa shape index (κ3) is 3.77. The lowest BCUT2D eigenvalue weighted by molar-refractivity contribution is 0.139. The van der Waals surface area contributed by atoms with Crippen molar-refractivity contribution in [3.63, 3.8) is 0 Å². The van der Waals surface area contributed by atoms with E-state index in [1.807, 2.05) is 47.3 Å². The Kier molecular flexibility index (Phi) is 5.14. The molecule has 5 aromatic heterocycles. The summed E-state index contributed by atoms with van der Waals surface area (Å²) in [5.74, 6) is 0.347. The molecule has 6 rings (SSSR count). The highest BCUT2D eigenvalue weighted by atomic mass is 32.1. The van der Waals surface area contributed by atoms with Gasteiger partial charge in [0.25, 0.3) is 6.43 Å². The summed E-state index contributed by atoms with van der Waals surface area (Å²) < 4.78 is 30.9. The van der Waals surface area contributed by atoms with Crippen molar-refractivity contribution in [1.82, 2.24) is 34.1 Å². The van der Waals surface area contributed by atoms with E-state index in [1.165, 1.54) is 15.9 Å². The van der Waals surface area contributed by atoms with Gasteiger partial charge in [0.1, 0.15) is 22.0 Å². The Morgan fingerprint density at radius 1 is 0.886 bits per heavy atom. The fraction of sp³-hybridized carbons (Fsp3) is 0.0800. The molecule has 0 amide bonds. The molecule has 1 aromatic carbocycles. The van der Waals surface area contributed by atoms with E-state index < -0.39 is 6.43 Å². The molecule has 0 radical (unpaired) electrons. The van der Waals surface area contributed by atoms with E-state index in [-0.39, 0.29) is 5.82 Å². The van der Waals surface area contributed by atoms with Gasteiger partial charge in [-0.2, -0.15) is 0 Å². The minimum Gasteiger partial charge on any atom is -0.297 e. The van der Waals surface area contributed by atoms with E-state index in [0.29, 0.717) is 22.7 Å². The van der Waals surface area contributed by atoms with Crippen LogP contribution in [0.5, 0.6) is 0 Å². The molecule has 0 aliphatic heterocycles. The number of hydrogen-bond acceptors (Lipinski definition) is 6. The maximum absolute atomic E-state index is 13.8. The van der Waals surface area contributed by atoms with E-state index in [1.54, 1.807) is 42.9 Å². The molecule has 0 aliphatic carbocycles. The molecular weight excluding hydrogens is 468 g/mol. The van der Waals surface area contributed by atoms with Gasteiger partial charge in [-0.3, -0.25) is 14.1 Å². The number of pyridine rings is 2. The number of hydrogen-bond donors (Lipinski definition) is 0. The van der Waals surface area contributed by atoms with Crippen LogP contribution >= 0.6 is 11.3 Å². The van der Waals surface area contributed by atoms with Crippen LogP contribution in [0.1, 0.15) is 17.9 Å². The number of alkyl halides is 2. The van der Waals surface area contributed by atoms with Crippen LogP contribution < -0.4 is 0 Å². The monoisotopic (exact) mass is 485 g/mol. The van der Waals surface area contributed by atoms with Crippen molar-refractivity contribution in [2.24, 2.45) is 0 Å². The van der Waals surface area contributed by atoms with Crippen LogP contribution in [0.2, 0.25) is 0 Å². The van der Waals surface area contributed by atoms with Gasteiger partial charge in [-0.15, -0.1) is 11.3 Å². The van der Waals surface area contributed by atoms with Crippen molar-refractivity contribution >= 4 is 22.5 Å². The van der Waals surface area contributed by atoms with Gasteiger partial charge in [0, 0.05) is 40.9 Å². The van der Waals surface area contributed by atoms with Gasteiger partial charge < -0.3 is 0 Å². The third-order valence-electron chi connectivity index (χ3n) is 5.55. The molecule has 10 heteroatoms. The number of benzene rings is 1. The molecule has 172 valence electrons. The molecule has 5 heterocycles. The summed E-state index contributed by atoms with van der Waals surface area (Å²) in [4.78, 5) is 22.0. The highest BCUT2D eigenvalue weighted by molar-refractivity contribution is 7.13. The van der Waals surface area contributed by atoms with Gasteiger partial charge in [-0.1, -0.05) is 0 Å². The molecule has 0 saturated heterocycles. The normalized spacial score (nSPS) is 11.5. The Morgan fingerprint density at radius 2 is 1.71 bits per heavy atom. The summed E-state index contributed by atoms with van der Waals surface area (Å²) in [5.41, 5.74) is 4.67. The average molecular weight is 486 g/mol. The highest BCUT2D eigenvalue weighted by Crippen LogP contribution is 2.31. The Morgan fingerprint density at radius 3 is 2.43 bits per heavy atom. The molecule has 0 unspecified atom stereocenters. The predicted octanol–water partition coefficient (Wildman–Crippen LogP) is 6.04. The number of thiazole rings is 1. The van der Waals surface area contributed by atoms with Gasteiger partial charge in [-0.05, 0) is 55.5 Å². The largest absolute Gasteiger partial charge is 0.297 e. The van der Waals surface area contributed by atoms with Crippen LogP contribution in [-0.4, -0.2) is 34.1 Å². The summed E-state index contributed by atoms with van der Waals surface area (Å²) in [6, 6.07) is 14.5. The molecule has 7 nitrogen and oxygen atoms in total. The number of halogens is 2. The summed E-state index contributed by atoms with van der Waals surface area (Å²) in [6.07, 6.45) is 4.29. The van der Waals surface area contributed by atoms with Crippen LogP contribution in [-0.2, 0) is 0 Å². The fourth-order valence-electron chi connectivity index (χ4n) is 3.93. The number of imidazole rings is 2. The summed E-state index contributed by atoms with van der Waals surface area (Å²) in [7, 11) is 0. The number of nitrogens with zero attached hydrogens (tertiary/aromatic N) is 7. The molecule has 35 heavy (non-hydrogen) atoms. The second-order valence-corrected chi connectivity index (χ2v) is 8.71. The minimum atomic E-state index is -2.74. The third-order valence-corrected chi connectivity index (χ3v) is 6.35. The lowest BCUT2D eigenvalue weighted by Gasteiger charge is -2.11. The van der Waals surface area contributed by atoms with Gasteiger partial charge in [0.2, 0.25) is 0 Å². The zero-order valence-corrected chi connectivity index (χ0v) is 19.2. The van der Waals surface area contributed by atoms with Gasteiger partial charge in [-0.25, -0.2) is 28.7 Å². The van der Waals surface area contributed by atoms with Crippen molar-refractivity contribution < 1.29 is 8.78 Å². The standard InChI is InChI=1S/C25H17F2N7S/c1-15-4-7-18(13-30-15)33-14-20(25-29-11-12-35-25)32-22(33)16-5-8-17(9-6-16)34-23-19(3-2-10-28-23)31-24(34)21(26)27/h2-14,21H,1H3. The van der Waals surface area contributed by atoms with Crippen LogP contribution in [0, 0.1) is 6.92 Å². The second-order valence-electron chi connectivity index (χ2n) is 7.81. The minimum absolute atomic E-state index is 0.343. The van der Waals surface area contributed by atoms with Crippen LogP contribution in [0.15, 0.2) is 78.7 Å². The van der Waals surface area contributed by atoms with Crippen molar-refractivity contribution in [1.29, 1.82) is 0 Å². The zero-order valence-electron chi connectivity index (χ0n) is 18.4. The van der Waals surface area contributed by atoms with Crippen molar-refractivity contribution in [3.8, 4) is 33.5 Å². The van der Waals surface area contributed by atoms with Gasteiger partial charge in [0.05, 0.1) is 11.9 Å². The topological polar surface area (TPSA) is 74.3 Å². The first kappa shape index (κ1) is 21.2. The van der Waals surface area contributed by atoms with E-state index in [9.17, 15) is 8.78 Å². The molecule has 0 bridgehead atoms. The van der Waals surface area contributed by atoms with Crippen LogP contribution in [0.25, 0.3) is 44.6 Å². The van der Waals surface area contributed by atoms with Gasteiger partial charge >= 0.3 is 0 Å². The molecule has 0 aliphatic rings. The first-order valence-corrected chi connectivity index (χ1v) is 11.6. The maximum Gasteiger partial charge on any atom is 0.296 e. The molecule has 0 saturated carbocycles. The van der Waals surface area contributed by atoms with Crippen LogP contribution in [0.4, 0.5) is 8.78 Å². The van der Waals surface area contributed by atoms with Gasteiger partial charge in [0.15, 0.2) is 11.5 Å². The summed E-state index contributed by atoms with van der Waals surface area (Å²) in [5, 5.41) is 2.71. The number of rotatable bonds is 5. The number of aromatic nitrogens is 7. The molecule has 6 aromatic rings. The maximum atomic E-state index is 13.8. The van der Waals surface area contributed by atoms with Crippen molar-refractivity contribution in [3.05, 3.63) is 90.2 Å². The quantitative estimate of drug-likeness (QED) is 0.298. The predicted molar refractivity (Wildman–Crippen MR) is 130 cm³/mol. The van der Waals surface area contributed by atoms with E-state index >= 15 is 0 Å². The number of aryl methyl sites for hydroxylation is 1. The summed E-state index contributed by atoms with van der Waals surface area (Å²) >= 11 is 1.51. The SMILES string of the molecule is Cc1ccc(-n2cc(-c3nccs3)nc2-c2ccc(-n3c(C(F)F)nc4cccnc43)cc2)cn1. The second kappa shape index (κ2) is 8.48. The molecular formula is C25H17F2N7S. The Balaban J connectivity index is 1.47. The lowest BCUT2D eigenvalue weighted by atomic mass is 10.2. The smallest absolute Gasteiger partial charge is 0.296 e. The Bertz CT molecular complexity index is 1620. The van der Waals surface area contributed by atoms with E-state index in [4.69, 9.17) is 4.98 Å². The molecule has 0 spiro atoms. The van der Waals surface area contributed by atoms with Crippen molar-refractivity contribution in [2.75, 3.05) is 0 Å². The molecule has 0 N–H and O–H groups in total. The summed E-state index contributed by atoms with van der Waals surface area (Å²) in [6.45, 7) is 1.93. The molecule has 0 atom stereocenters. The molecule has 0 fully saturated rings. The zero-order chi connectivity index (χ0) is 23.9. The lowest BCUT2D eigenvalue weighted by Crippen LogP contribution is -2.03. The van der Waals surface area contributed by atoms with E-state index in [0.717, 1.165) is 27.6 Å². The highest BCUT2D eigenvalue weighted by Gasteiger charge is 2.21. The van der Waals surface area contributed by atoms with E-state index in [2.05, 4.69) is 19.9 Å². The Hall–Kier alpha value is -4.31. The first-order valence-electron chi connectivity index (χ1n) is 10.7.